The molecule has 1 aromatic carbocycles. The van der Waals surface area contributed by atoms with Crippen LogP contribution in [0, 0.1) is 0 Å². The van der Waals surface area contributed by atoms with E-state index in [0.717, 1.165) is 16.5 Å². The lowest BCUT2D eigenvalue weighted by molar-refractivity contribution is 0.723. The van der Waals surface area contributed by atoms with Crippen molar-refractivity contribution in [3.05, 3.63) is 31.7 Å². The molecule has 1 atom stereocenters. The van der Waals surface area contributed by atoms with Crippen LogP contribution >= 0.6 is 50.7 Å². The molecule has 84 valence electrons. The van der Waals surface area contributed by atoms with Gasteiger partial charge in [-0.1, -0.05) is 37.0 Å². The average Bonchev–Trinajstić information content (AvgIpc) is 2.24. The minimum absolute atomic E-state index is 0.419. The molecule has 0 amide bonds. The Kier molecular flexibility index (Phi) is 5.24. The van der Waals surface area contributed by atoms with Gasteiger partial charge in [0.1, 0.15) is 0 Å². The van der Waals surface area contributed by atoms with Crippen molar-refractivity contribution in [3.63, 3.8) is 0 Å². The van der Waals surface area contributed by atoms with Crippen LogP contribution in [0.1, 0.15) is 37.3 Å². The second kappa shape index (κ2) is 5.77. The van der Waals surface area contributed by atoms with Crippen LogP contribution < -0.4 is 0 Å². The van der Waals surface area contributed by atoms with Gasteiger partial charge in [-0.3, -0.25) is 0 Å². The zero-order valence-electron chi connectivity index (χ0n) is 8.58. The summed E-state index contributed by atoms with van der Waals surface area (Å²) >= 11 is 21.5. The number of benzene rings is 1. The number of hydrogen-bond donors (Lipinski definition) is 0. The van der Waals surface area contributed by atoms with Crippen LogP contribution in [0.15, 0.2) is 10.5 Å². The van der Waals surface area contributed by atoms with E-state index in [1.165, 1.54) is 5.56 Å². The zero-order valence-corrected chi connectivity index (χ0v) is 12.4. The maximum Gasteiger partial charge on any atom is 0.0737 e. The quantitative estimate of drug-likeness (QED) is 0.470. The maximum absolute atomic E-state index is 6.09. The predicted octanol–water partition coefficient (Wildman–Crippen LogP) is 6.01. The van der Waals surface area contributed by atoms with E-state index < -0.39 is 0 Å². The molecule has 0 spiro atoms. The Morgan fingerprint density at radius 2 is 2.00 bits per heavy atom. The normalized spacial score (nSPS) is 12.9. The van der Waals surface area contributed by atoms with E-state index in [1.54, 1.807) is 0 Å². The first kappa shape index (κ1) is 13.6. The zero-order chi connectivity index (χ0) is 11.6. The van der Waals surface area contributed by atoms with Gasteiger partial charge in [-0.15, -0.1) is 11.6 Å². The summed E-state index contributed by atoms with van der Waals surface area (Å²) in [5.74, 6) is 0.873. The van der Waals surface area contributed by atoms with Crippen molar-refractivity contribution >= 4 is 50.7 Å². The molecule has 0 bridgehead atoms. The monoisotopic (exact) mass is 328 g/mol. The van der Waals surface area contributed by atoms with Gasteiger partial charge in [0.25, 0.3) is 0 Å². The van der Waals surface area contributed by atoms with Gasteiger partial charge in [0.05, 0.1) is 10.0 Å². The summed E-state index contributed by atoms with van der Waals surface area (Å²) < 4.78 is 0.877. The second-order valence-electron chi connectivity index (χ2n) is 3.50. The van der Waals surface area contributed by atoms with Gasteiger partial charge in [0.2, 0.25) is 0 Å². The minimum atomic E-state index is 0.419. The summed E-state index contributed by atoms with van der Waals surface area (Å²) in [6.45, 7) is 4.29. The third-order valence-corrected chi connectivity index (χ3v) is 4.66. The summed E-state index contributed by atoms with van der Waals surface area (Å²) in [6.07, 6.45) is 1.04. The molecule has 0 saturated carbocycles. The Balaban J connectivity index is 3.40. The third-order valence-electron chi connectivity index (χ3n) is 2.53. The highest BCUT2D eigenvalue weighted by Crippen LogP contribution is 2.40. The van der Waals surface area contributed by atoms with Gasteiger partial charge in [0, 0.05) is 10.4 Å². The van der Waals surface area contributed by atoms with Crippen LogP contribution in [0.4, 0.5) is 0 Å². The largest absolute Gasteiger partial charge is 0.122 e. The van der Waals surface area contributed by atoms with Gasteiger partial charge in [-0.2, -0.15) is 0 Å². The van der Waals surface area contributed by atoms with E-state index in [-0.39, 0.29) is 0 Å². The molecule has 0 N–H and O–H groups in total. The summed E-state index contributed by atoms with van der Waals surface area (Å²) in [4.78, 5) is 0. The number of halogens is 4. The van der Waals surface area contributed by atoms with Crippen molar-refractivity contribution < 1.29 is 0 Å². The van der Waals surface area contributed by atoms with Crippen LogP contribution in [0.25, 0.3) is 0 Å². The highest BCUT2D eigenvalue weighted by molar-refractivity contribution is 9.10. The third kappa shape index (κ3) is 2.82. The summed E-state index contributed by atoms with van der Waals surface area (Å²) in [7, 11) is 0. The Morgan fingerprint density at radius 1 is 1.40 bits per heavy atom. The van der Waals surface area contributed by atoms with Gasteiger partial charge in [-0.25, -0.2) is 0 Å². The van der Waals surface area contributed by atoms with Gasteiger partial charge >= 0.3 is 0 Å². The van der Waals surface area contributed by atoms with E-state index in [2.05, 4.69) is 29.8 Å². The fraction of sp³-hybridized carbons (Fsp3) is 0.455. The lowest BCUT2D eigenvalue weighted by atomic mass is 9.94. The first-order chi connectivity index (χ1) is 7.02. The van der Waals surface area contributed by atoms with E-state index >= 15 is 0 Å². The Hall–Kier alpha value is 0.570. The highest BCUT2D eigenvalue weighted by Gasteiger charge is 2.17. The molecule has 4 heteroatoms. The molecule has 0 nitrogen and oxygen atoms in total. The van der Waals surface area contributed by atoms with Crippen molar-refractivity contribution in [3.8, 4) is 0 Å². The number of rotatable bonds is 3. The molecular weight excluding hydrogens is 318 g/mol. The molecule has 1 aromatic rings. The standard InChI is InChI=1S/C11H12BrCl3/c1-3-6(2)9-7(5-13)4-8(14)11(15)10(9)12/h4,6H,3,5H2,1-2H3. The lowest BCUT2D eigenvalue weighted by Gasteiger charge is -2.17. The number of alkyl halides is 1. The molecule has 0 aromatic heterocycles. The van der Waals surface area contributed by atoms with Crippen LogP contribution in [0.5, 0.6) is 0 Å². The van der Waals surface area contributed by atoms with Crippen molar-refractivity contribution in [2.75, 3.05) is 0 Å². The van der Waals surface area contributed by atoms with Gasteiger partial charge in [-0.05, 0) is 45.5 Å². The van der Waals surface area contributed by atoms with Crippen molar-refractivity contribution in [2.24, 2.45) is 0 Å². The Labute approximate surface area is 114 Å². The number of hydrogen-bond acceptors (Lipinski definition) is 0. The molecule has 0 aliphatic heterocycles. The molecule has 0 heterocycles. The molecule has 1 unspecified atom stereocenters. The molecule has 0 radical (unpaired) electrons. The molecule has 1 rings (SSSR count). The fourth-order valence-electron chi connectivity index (χ4n) is 1.51. The molecule has 0 fully saturated rings. The molecule has 0 aliphatic rings. The van der Waals surface area contributed by atoms with Gasteiger partial charge in [0.15, 0.2) is 0 Å². The first-order valence-corrected chi connectivity index (χ1v) is 6.83. The van der Waals surface area contributed by atoms with Crippen LogP contribution in [0.2, 0.25) is 10.0 Å². The predicted molar refractivity (Wildman–Crippen MR) is 72.4 cm³/mol. The van der Waals surface area contributed by atoms with E-state index in [1.807, 2.05) is 6.07 Å². The average molecular weight is 330 g/mol. The van der Waals surface area contributed by atoms with E-state index in [0.29, 0.717) is 21.8 Å². The smallest absolute Gasteiger partial charge is 0.0737 e. The van der Waals surface area contributed by atoms with Crippen molar-refractivity contribution in [1.29, 1.82) is 0 Å². The van der Waals surface area contributed by atoms with E-state index in [9.17, 15) is 0 Å². The van der Waals surface area contributed by atoms with E-state index in [4.69, 9.17) is 34.8 Å². The Morgan fingerprint density at radius 3 is 2.47 bits per heavy atom. The highest BCUT2D eigenvalue weighted by atomic mass is 79.9. The van der Waals surface area contributed by atoms with Crippen LogP contribution in [-0.4, -0.2) is 0 Å². The molecular formula is C11H12BrCl3. The summed E-state index contributed by atoms with van der Waals surface area (Å²) in [6, 6.07) is 1.85. The summed E-state index contributed by atoms with van der Waals surface area (Å²) in [5.41, 5.74) is 2.22. The van der Waals surface area contributed by atoms with Crippen molar-refractivity contribution in [1.82, 2.24) is 0 Å². The second-order valence-corrected chi connectivity index (χ2v) is 5.35. The molecule has 0 aliphatic carbocycles. The molecule has 0 saturated heterocycles. The Bertz CT molecular complexity index is 363. The van der Waals surface area contributed by atoms with Crippen LogP contribution in [0.3, 0.4) is 0 Å². The van der Waals surface area contributed by atoms with Crippen molar-refractivity contribution in [2.45, 2.75) is 32.1 Å². The fourth-order valence-corrected chi connectivity index (χ4v) is 3.08. The minimum Gasteiger partial charge on any atom is -0.122 e. The topological polar surface area (TPSA) is 0 Å². The molecule has 15 heavy (non-hydrogen) atoms. The first-order valence-electron chi connectivity index (χ1n) is 4.75. The van der Waals surface area contributed by atoms with Crippen LogP contribution in [-0.2, 0) is 5.88 Å². The van der Waals surface area contributed by atoms with Gasteiger partial charge < -0.3 is 0 Å². The summed E-state index contributed by atoms with van der Waals surface area (Å²) in [5, 5.41) is 1.12. The SMILES string of the molecule is CCC(C)c1c(CCl)cc(Cl)c(Cl)c1Br. The maximum atomic E-state index is 6.09. The lowest BCUT2D eigenvalue weighted by Crippen LogP contribution is -1.99.